The number of carbonyl (C=O) groups excluding carboxylic acids is 2. The van der Waals surface area contributed by atoms with Gasteiger partial charge in [0.1, 0.15) is 11.9 Å². The molecule has 0 heterocycles. The fraction of sp³-hybridized carbons (Fsp3) is 0.231. The molecule has 0 N–H and O–H groups in total. The molecule has 4 rings (SSSR count). The fourth-order valence-corrected chi connectivity index (χ4v) is 3.98. The molecule has 0 saturated carbocycles. The monoisotopic (exact) mass is 416 g/mol. The molecular weight excluding hydrogens is 392 g/mol. The van der Waals surface area contributed by atoms with E-state index in [1.165, 1.54) is 0 Å². The normalized spacial score (nSPS) is 17.3. The molecule has 0 aliphatic heterocycles. The highest BCUT2D eigenvalue weighted by atomic mass is 16.7. The predicted octanol–water partition coefficient (Wildman–Crippen LogP) is 5.77. The minimum atomic E-state index is -0.843. The van der Waals surface area contributed by atoms with Gasteiger partial charge in [0, 0.05) is 17.7 Å². The van der Waals surface area contributed by atoms with E-state index in [0.29, 0.717) is 30.1 Å². The summed E-state index contributed by atoms with van der Waals surface area (Å²) in [4.78, 5) is 26.0. The Labute approximate surface area is 181 Å². The average molecular weight is 416 g/mol. The SMILES string of the molecule is CCOCc1cc(C)ccc1C1C(=O)c2ccccc2C1OC(=O)Oc1ccccc1. The van der Waals surface area contributed by atoms with Crippen LogP contribution in [0.4, 0.5) is 4.79 Å². The van der Waals surface area contributed by atoms with Gasteiger partial charge >= 0.3 is 6.16 Å². The van der Waals surface area contributed by atoms with Crippen LogP contribution in [0.5, 0.6) is 5.75 Å². The molecule has 0 amide bonds. The number of ether oxygens (including phenoxy) is 3. The van der Waals surface area contributed by atoms with Crippen LogP contribution in [-0.2, 0) is 16.1 Å². The van der Waals surface area contributed by atoms with E-state index in [9.17, 15) is 9.59 Å². The summed E-state index contributed by atoms with van der Waals surface area (Å²) in [5.41, 5.74) is 4.04. The Kier molecular flexibility index (Phi) is 6.14. The van der Waals surface area contributed by atoms with Crippen molar-refractivity contribution in [3.8, 4) is 5.75 Å². The zero-order valence-electron chi connectivity index (χ0n) is 17.5. The lowest BCUT2D eigenvalue weighted by Crippen LogP contribution is -2.21. The van der Waals surface area contributed by atoms with E-state index in [2.05, 4.69) is 0 Å². The minimum Gasteiger partial charge on any atom is -0.425 e. The van der Waals surface area contributed by atoms with E-state index in [1.54, 1.807) is 30.3 Å². The van der Waals surface area contributed by atoms with Crippen molar-refractivity contribution in [3.05, 3.63) is 101 Å². The van der Waals surface area contributed by atoms with Gasteiger partial charge in [-0.25, -0.2) is 4.79 Å². The fourth-order valence-electron chi connectivity index (χ4n) is 3.98. The number of benzene rings is 3. The van der Waals surface area contributed by atoms with Crippen LogP contribution in [-0.4, -0.2) is 18.5 Å². The molecule has 158 valence electrons. The van der Waals surface area contributed by atoms with E-state index < -0.39 is 18.2 Å². The van der Waals surface area contributed by atoms with Crippen LogP contribution in [0.2, 0.25) is 0 Å². The van der Waals surface area contributed by atoms with Crippen LogP contribution < -0.4 is 4.74 Å². The lowest BCUT2D eigenvalue weighted by Gasteiger charge is -2.22. The Morgan fingerprint density at radius 1 is 0.935 bits per heavy atom. The van der Waals surface area contributed by atoms with Crippen LogP contribution in [0.15, 0.2) is 72.8 Å². The topological polar surface area (TPSA) is 61.8 Å². The van der Waals surface area contributed by atoms with Gasteiger partial charge in [0.05, 0.1) is 12.5 Å². The number of fused-ring (bicyclic) bond motifs is 1. The Bertz CT molecular complexity index is 1090. The Morgan fingerprint density at radius 2 is 1.68 bits per heavy atom. The van der Waals surface area contributed by atoms with Gasteiger partial charge < -0.3 is 14.2 Å². The quantitative estimate of drug-likeness (QED) is 0.377. The molecule has 5 nitrogen and oxygen atoms in total. The number of ketones is 1. The maximum atomic E-state index is 13.4. The molecule has 1 aliphatic carbocycles. The molecule has 0 fully saturated rings. The maximum Gasteiger partial charge on any atom is 0.514 e. The number of rotatable bonds is 6. The van der Waals surface area contributed by atoms with Crippen LogP contribution in [0.25, 0.3) is 0 Å². The van der Waals surface area contributed by atoms with Crippen molar-refractivity contribution < 1.29 is 23.8 Å². The molecule has 0 saturated heterocycles. The van der Waals surface area contributed by atoms with Crippen molar-refractivity contribution in [2.24, 2.45) is 0 Å². The Hall–Kier alpha value is -3.44. The van der Waals surface area contributed by atoms with Gasteiger partial charge in [-0.2, -0.15) is 0 Å². The minimum absolute atomic E-state index is 0.0743. The van der Waals surface area contributed by atoms with Crippen LogP contribution >= 0.6 is 0 Å². The molecule has 0 radical (unpaired) electrons. The number of carbonyl (C=O) groups is 2. The standard InChI is InChI=1S/C26H24O5/c1-3-29-16-18-15-17(2)13-14-20(18)23-24(27)21-11-7-8-12-22(21)25(23)31-26(28)30-19-9-5-4-6-10-19/h4-15,23,25H,3,16H2,1-2H3. The van der Waals surface area contributed by atoms with Crippen LogP contribution in [0, 0.1) is 6.92 Å². The summed E-state index contributed by atoms with van der Waals surface area (Å²) in [7, 11) is 0. The zero-order chi connectivity index (χ0) is 21.8. The summed E-state index contributed by atoms with van der Waals surface area (Å²) in [5.74, 6) is -0.347. The molecule has 5 heteroatoms. The van der Waals surface area contributed by atoms with E-state index in [4.69, 9.17) is 14.2 Å². The zero-order valence-corrected chi connectivity index (χ0v) is 17.5. The summed E-state index contributed by atoms with van der Waals surface area (Å²) < 4.78 is 16.7. The van der Waals surface area contributed by atoms with Gasteiger partial charge in [0.25, 0.3) is 0 Å². The second-order valence-corrected chi connectivity index (χ2v) is 7.47. The molecule has 0 spiro atoms. The second-order valence-electron chi connectivity index (χ2n) is 7.47. The third-order valence-electron chi connectivity index (χ3n) is 5.38. The first-order chi connectivity index (χ1) is 15.1. The molecule has 1 aliphatic rings. The second kappa shape index (κ2) is 9.14. The first-order valence-corrected chi connectivity index (χ1v) is 10.3. The highest BCUT2D eigenvalue weighted by Gasteiger charge is 2.44. The summed E-state index contributed by atoms with van der Waals surface area (Å²) in [6.45, 7) is 4.87. The van der Waals surface area contributed by atoms with Gasteiger partial charge in [0.15, 0.2) is 5.78 Å². The average Bonchev–Trinajstić information content (AvgIpc) is 3.05. The van der Waals surface area contributed by atoms with E-state index in [0.717, 1.165) is 16.7 Å². The molecule has 2 unspecified atom stereocenters. The Balaban J connectivity index is 1.69. The number of para-hydroxylation sites is 1. The van der Waals surface area contributed by atoms with E-state index in [1.807, 2.05) is 56.3 Å². The largest absolute Gasteiger partial charge is 0.514 e. The van der Waals surface area contributed by atoms with Gasteiger partial charge in [-0.3, -0.25) is 4.79 Å². The molecule has 31 heavy (non-hydrogen) atoms. The van der Waals surface area contributed by atoms with Crippen molar-refractivity contribution in [2.75, 3.05) is 6.61 Å². The lowest BCUT2D eigenvalue weighted by atomic mass is 9.88. The first kappa shape index (κ1) is 20.8. The molecular formula is C26H24O5. The van der Waals surface area contributed by atoms with Gasteiger partial charge in [-0.15, -0.1) is 0 Å². The summed E-state index contributed by atoms with van der Waals surface area (Å²) in [6, 6.07) is 21.9. The maximum absolute atomic E-state index is 13.4. The van der Waals surface area contributed by atoms with Crippen molar-refractivity contribution in [3.63, 3.8) is 0 Å². The van der Waals surface area contributed by atoms with Crippen molar-refractivity contribution in [2.45, 2.75) is 32.5 Å². The highest BCUT2D eigenvalue weighted by molar-refractivity contribution is 6.06. The summed E-state index contributed by atoms with van der Waals surface area (Å²) in [6.07, 6.45) is -1.62. The summed E-state index contributed by atoms with van der Waals surface area (Å²) in [5, 5.41) is 0. The van der Waals surface area contributed by atoms with Gasteiger partial charge in [-0.05, 0) is 37.1 Å². The smallest absolute Gasteiger partial charge is 0.425 e. The highest BCUT2D eigenvalue weighted by Crippen LogP contribution is 2.46. The number of aryl methyl sites for hydroxylation is 1. The van der Waals surface area contributed by atoms with Crippen LogP contribution in [0.3, 0.4) is 0 Å². The molecule has 0 bridgehead atoms. The van der Waals surface area contributed by atoms with Crippen molar-refractivity contribution >= 4 is 11.9 Å². The van der Waals surface area contributed by atoms with Crippen molar-refractivity contribution in [1.29, 1.82) is 0 Å². The van der Waals surface area contributed by atoms with E-state index >= 15 is 0 Å². The summed E-state index contributed by atoms with van der Waals surface area (Å²) >= 11 is 0. The number of hydrogen-bond acceptors (Lipinski definition) is 5. The molecule has 3 aromatic rings. The predicted molar refractivity (Wildman–Crippen MR) is 116 cm³/mol. The first-order valence-electron chi connectivity index (χ1n) is 10.3. The van der Waals surface area contributed by atoms with Crippen molar-refractivity contribution in [1.82, 2.24) is 0 Å². The molecule has 2 atom stereocenters. The number of Topliss-reactive ketones (excluding diaryl/α,β-unsaturated/α-hetero) is 1. The number of hydrogen-bond donors (Lipinski definition) is 0. The Morgan fingerprint density at radius 3 is 2.45 bits per heavy atom. The van der Waals surface area contributed by atoms with Gasteiger partial charge in [0.2, 0.25) is 0 Å². The van der Waals surface area contributed by atoms with Gasteiger partial charge in [-0.1, -0.05) is 66.2 Å². The third-order valence-corrected chi connectivity index (χ3v) is 5.38. The third kappa shape index (κ3) is 4.37. The van der Waals surface area contributed by atoms with Crippen LogP contribution in [0.1, 0.15) is 51.6 Å². The van der Waals surface area contributed by atoms with E-state index in [-0.39, 0.29) is 5.78 Å². The molecule has 3 aromatic carbocycles. The molecule has 0 aromatic heterocycles. The lowest BCUT2D eigenvalue weighted by molar-refractivity contribution is 0.0476.